The van der Waals surface area contributed by atoms with Crippen LogP contribution in [0.15, 0.2) is 46.9 Å². The van der Waals surface area contributed by atoms with Gasteiger partial charge in [0.1, 0.15) is 5.82 Å². The zero-order chi connectivity index (χ0) is 18.7. The van der Waals surface area contributed by atoms with Gasteiger partial charge in [-0.25, -0.2) is 4.39 Å². The maximum Gasteiger partial charge on any atom is 0.258 e. The van der Waals surface area contributed by atoms with Crippen molar-refractivity contribution < 1.29 is 14.0 Å². The number of likely N-dealkylation sites (tertiary alicyclic amines) is 1. The maximum absolute atomic E-state index is 13.9. The number of nitrogens with zero attached hydrogens (tertiary/aromatic N) is 1. The summed E-state index contributed by atoms with van der Waals surface area (Å²) in [6.45, 7) is 0.875. The first-order valence-corrected chi connectivity index (χ1v) is 9.42. The molecule has 0 radical (unpaired) electrons. The second-order valence-corrected chi connectivity index (χ2v) is 7.47. The van der Waals surface area contributed by atoms with Gasteiger partial charge in [0.2, 0.25) is 0 Å². The smallest absolute Gasteiger partial charge is 0.258 e. The fourth-order valence-corrected chi connectivity index (χ4v) is 3.63. The number of carbonyl (C=O) groups is 2. The maximum atomic E-state index is 13.9. The number of amides is 2. The van der Waals surface area contributed by atoms with Gasteiger partial charge in [-0.2, -0.15) is 0 Å². The predicted octanol–water partition coefficient (Wildman–Crippen LogP) is 4.28. The highest BCUT2D eigenvalue weighted by Gasteiger charge is 2.27. The predicted molar refractivity (Wildman–Crippen MR) is 102 cm³/mol. The number of carbonyl (C=O) groups excluding carboxylic acids is 2. The van der Waals surface area contributed by atoms with E-state index in [-0.39, 0.29) is 22.5 Å². The summed E-state index contributed by atoms with van der Waals surface area (Å²) in [5.74, 6) is -1.18. The Morgan fingerprint density at radius 3 is 2.50 bits per heavy atom. The van der Waals surface area contributed by atoms with Gasteiger partial charge in [0.05, 0.1) is 10.6 Å². The van der Waals surface area contributed by atoms with Gasteiger partial charge >= 0.3 is 0 Å². The molecule has 0 bridgehead atoms. The van der Waals surface area contributed by atoms with Crippen LogP contribution in [-0.2, 0) is 0 Å². The number of nitrogens with one attached hydrogen (secondary N) is 1. The third kappa shape index (κ3) is 4.24. The van der Waals surface area contributed by atoms with Crippen molar-refractivity contribution in [2.24, 2.45) is 0 Å². The molecule has 2 amide bonds. The van der Waals surface area contributed by atoms with E-state index in [2.05, 4.69) is 21.2 Å². The van der Waals surface area contributed by atoms with E-state index in [0.717, 1.165) is 4.47 Å². The highest BCUT2D eigenvalue weighted by molar-refractivity contribution is 9.10. The van der Waals surface area contributed by atoms with Crippen LogP contribution in [0.3, 0.4) is 0 Å². The van der Waals surface area contributed by atoms with E-state index in [9.17, 15) is 14.0 Å². The summed E-state index contributed by atoms with van der Waals surface area (Å²) >= 11 is 9.32. The molecule has 4 nitrogen and oxygen atoms in total. The zero-order valence-corrected chi connectivity index (χ0v) is 16.2. The number of halogens is 3. The summed E-state index contributed by atoms with van der Waals surface area (Å²) in [7, 11) is 0. The Labute approximate surface area is 164 Å². The van der Waals surface area contributed by atoms with Gasteiger partial charge in [-0.05, 0) is 43.2 Å². The van der Waals surface area contributed by atoms with Crippen molar-refractivity contribution in [3.63, 3.8) is 0 Å². The lowest BCUT2D eigenvalue weighted by Gasteiger charge is -2.32. The summed E-state index contributed by atoms with van der Waals surface area (Å²) in [4.78, 5) is 26.4. The largest absolute Gasteiger partial charge is 0.349 e. The van der Waals surface area contributed by atoms with Crippen LogP contribution < -0.4 is 5.32 Å². The lowest BCUT2D eigenvalue weighted by Crippen LogP contribution is -2.46. The highest BCUT2D eigenvalue weighted by Crippen LogP contribution is 2.23. The molecule has 1 saturated heterocycles. The normalized spacial score (nSPS) is 15.0. The molecule has 2 aromatic carbocycles. The molecule has 1 heterocycles. The summed E-state index contributed by atoms with van der Waals surface area (Å²) in [6, 6.07) is 11.3. The topological polar surface area (TPSA) is 49.4 Å². The quantitative estimate of drug-likeness (QED) is 0.776. The fourth-order valence-electron chi connectivity index (χ4n) is 2.99. The minimum atomic E-state index is -0.618. The molecule has 1 aliphatic rings. The molecule has 1 fully saturated rings. The Kier molecular flexibility index (Phi) is 5.94. The van der Waals surface area contributed by atoms with Crippen LogP contribution in [0.4, 0.5) is 4.39 Å². The van der Waals surface area contributed by atoms with Crippen LogP contribution in [0, 0.1) is 5.82 Å². The number of rotatable bonds is 3. The Morgan fingerprint density at radius 2 is 1.85 bits per heavy atom. The SMILES string of the molecule is O=C(NC1CCN(C(=O)c2c(F)cccc2Cl)CC1)c1cccc(Br)c1. The van der Waals surface area contributed by atoms with E-state index < -0.39 is 11.7 Å². The second-order valence-electron chi connectivity index (χ2n) is 6.15. The van der Waals surface area contributed by atoms with Gasteiger partial charge in [-0.3, -0.25) is 9.59 Å². The van der Waals surface area contributed by atoms with Crippen LogP contribution >= 0.6 is 27.5 Å². The molecule has 0 aromatic heterocycles. The standard InChI is InChI=1S/C19H17BrClFN2O2/c20-13-4-1-3-12(11-13)18(25)23-14-7-9-24(10-8-14)19(26)17-15(21)5-2-6-16(17)22/h1-6,11,14H,7-10H2,(H,23,25). The summed E-state index contributed by atoms with van der Waals surface area (Å²) in [5.41, 5.74) is 0.488. The minimum Gasteiger partial charge on any atom is -0.349 e. The monoisotopic (exact) mass is 438 g/mol. The van der Waals surface area contributed by atoms with E-state index in [4.69, 9.17) is 11.6 Å². The van der Waals surface area contributed by atoms with Crippen molar-refractivity contribution in [3.8, 4) is 0 Å². The fraction of sp³-hybridized carbons (Fsp3) is 0.263. The van der Waals surface area contributed by atoms with Crippen molar-refractivity contribution in [1.29, 1.82) is 0 Å². The Morgan fingerprint density at radius 1 is 1.15 bits per heavy atom. The highest BCUT2D eigenvalue weighted by atomic mass is 79.9. The van der Waals surface area contributed by atoms with E-state index in [1.165, 1.54) is 18.2 Å². The molecule has 1 aliphatic heterocycles. The van der Waals surface area contributed by atoms with Crippen LogP contribution in [0.2, 0.25) is 5.02 Å². The minimum absolute atomic E-state index is 0.0263. The molecule has 1 N–H and O–H groups in total. The van der Waals surface area contributed by atoms with Gasteiger partial charge in [0.15, 0.2) is 0 Å². The summed E-state index contributed by atoms with van der Waals surface area (Å²) in [5, 5.41) is 3.10. The second kappa shape index (κ2) is 8.18. The van der Waals surface area contributed by atoms with Crippen LogP contribution in [0.5, 0.6) is 0 Å². The van der Waals surface area contributed by atoms with Crippen molar-refractivity contribution in [1.82, 2.24) is 10.2 Å². The van der Waals surface area contributed by atoms with E-state index in [1.54, 1.807) is 23.1 Å². The molecule has 136 valence electrons. The lowest BCUT2D eigenvalue weighted by atomic mass is 10.0. The van der Waals surface area contributed by atoms with Gasteiger partial charge < -0.3 is 10.2 Å². The Balaban J connectivity index is 1.59. The molecular weight excluding hydrogens is 423 g/mol. The molecule has 0 aliphatic carbocycles. The number of benzene rings is 2. The molecule has 0 unspecified atom stereocenters. The van der Waals surface area contributed by atoms with E-state index in [0.29, 0.717) is 31.5 Å². The van der Waals surface area contributed by atoms with Crippen molar-refractivity contribution in [2.45, 2.75) is 18.9 Å². The third-order valence-electron chi connectivity index (χ3n) is 4.38. The first-order valence-electron chi connectivity index (χ1n) is 8.25. The van der Waals surface area contributed by atoms with Gasteiger partial charge in [0, 0.05) is 29.2 Å². The molecule has 7 heteroatoms. The van der Waals surface area contributed by atoms with Crippen molar-refractivity contribution >= 4 is 39.3 Å². The average Bonchev–Trinajstić information content (AvgIpc) is 2.62. The van der Waals surface area contributed by atoms with Crippen LogP contribution in [0.1, 0.15) is 33.6 Å². The zero-order valence-electron chi connectivity index (χ0n) is 13.8. The number of hydrogen-bond donors (Lipinski definition) is 1. The van der Waals surface area contributed by atoms with E-state index >= 15 is 0 Å². The van der Waals surface area contributed by atoms with Gasteiger partial charge in [0.25, 0.3) is 11.8 Å². The molecule has 0 saturated carbocycles. The lowest BCUT2D eigenvalue weighted by molar-refractivity contribution is 0.0694. The summed E-state index contributed by atoms with van der Waals surface area (Å²) < 4.78 is 14.8. The summed E-state index contributed by atoms with van der Waals surface area (Å²) in [6.07, 6.45) is 1.22. The first kappa shape index (κ1) is 18.9. The molecule has 26 heavy (non-hydrogen) atoms. The molecule has 3 rings (SSSR count). The number of piperidine rings is 1. The molecular formula is C19H17BrClFN2O2. The van der Waals surface area contributed by atoms with Crippen molar-refractivity contribution in [2.75, 3.05) is 13.1 Å². The first-order chi connectivity index (χ1) is 12.5. The number of hydrogen-bond acceptors (Lipinski definition) is 2. The van der Waals surface area contributed by atoms with Crippen molar-refractivity contribution in [3.05, 3.63) is 68.9 Å². The molecule has 2 aromatic rings. The van der Waals surface area contributed by atoms with Gasteiger partial charge in [-0.15, -0.1) is 0 Å². The average molecular weight is 440 g/mol. The molecule has 0 atom stereocenters. The van der Waals surface area contributed by atoms with Crippen LogP contribution in [0.25, 0.3) is 0 Å². The Bertz CT molecular complexity index is 818. The third-order valence-corrected chi connectivity index (χ3v) is 5.19. The van der Waals surface area contributed by atoms with Gasteiger partial charge in [-0.1, -0.05) is 39.7 Å². The Hall–Kier alpha value is -1.92. The van der Waals surface area contributed by atoms with Crippen LogP contribution in [-0.4, -0.2) is 35.8 Å². The van der Waals surface area contributed by atoms with E-state index in [1.807, 2.05) is 6.07 Å². The molecule has 0 spiro atoms.